The summed E-state index contributed by atoms with van der Waals surface area (Å²) in [6.07, 6.45) is 11.9. The van der Waals surface area contributed by atoms with E-state index in [1.165, 1.54) is 12.8 Å². The third-order valence-electron chi connectivity index (χ3n) is 6.50. The van der Waals surface area contributed by atoms with Gasteiger partial charge in [0, 0.05) is 56.3 Å². The van der Waals surface area contributed by atoms with Gasteiger partial charge in [-0.3, -0.25) is 9.59 Å². The molecule has 0 aromatic carbocycles. The maximum atomic E-state index is 13.0. The second-order valence-corrected chi connectivity index (χ2v) is 8.18. The molecule has 1 aliphatic carbocycles. The Morgan fingerprint density at radius 1 is 0.885 bits per heavy atom. The van der Waals surface area contributed by atoms with Crippen LogP contribution in [0.3, 0.4) is 0 Å². The van der Waals surface area contributed by atoms with Crippen molar-refractivity contribution in [2.45, 2.75) is 57.3 Å². The Balaban J connectivity index is 1.29. The maximum Gasteiger partial charge on any atom is 0.225 e. The molecule has 26 heavy (non-hydrogen) atoms. The number of amides is 2. The molecule has 0 radical (unpaired) electrons. The predicted octanol–water partition coefficient (Wildman–Crippen LogP) is 2.54. The molecule has 6 heteroatoms. The molecule has 2 amide bonds. The molecule has 1 aromatic heterocycles. The molecule has 2 saturated heterocycles. The van der Waals surface area contributed by atoms with Crippen molar-refractivity contribution >= 4 is 11.8 Å². The van der Waals surface area contributed by atoms with E-state index in [1.54, 1.807) is 6.20 Å². The first kappa shape index (κ1) is 17.6. The van der Waals surface area contributed by atoms with Gasteiger partial charge in [0.2, 0.25) is 11.8 Å². The largest absolute Gasteiger partial charge is 0.348 e. The minimum absolute atomic E-state index is 0.0815. The summed E-state index contributed by atoms with van der Waals surface area (Å²) in [7, 11) is 0. The monoisotopic (exact) mass is 358 g/mol. The second kappa shape index (κ2) is 7.80. The Morgan fingerprint density at radius 3 is 2.27 bits per heavy atom. The number of rotatable bonds is 3. The molecule has 1 atom stereocenters. The highest BCUT2D eigenvalue weighted by atomic mass is 16.2. The number of carbonyl (C=O) groups excluding carboxylic acids is 2. The molecule has 0 unspecified atom stereocenters. The fourth-order valence-corrected chi connectivity index (χ4v) is 4.94. The van der Waals surface area contributed by atoms with Crippen LogP contribution in [0.2, 0.25) is 0 Å². The lowest BCUT2D eigenvalue weighted by Gasteiger charge is -2.38. The van der Waals surface area contributed by atoms with Crippen LogP contribution in [-0.2, 0) is 9.59 Å². The zero-order valence-corrected chi connectivity index (χ0v) is 15.5. The minimum Gasteiger partial charge on any atom is -0.348 e. The summed E-state index contributed by atoms with van der Waals surface area (Å²) in [5.74, 6) is 2.28. The van der Waals surface area contributed by atoms with Crippen LogP contribution in [0.25, 0.3) is 0 Å². The van der Waals surface area contributed by atoms with Crippen LogP contribution in [0.4, 0.5) is 0 Å². The molecular formula is C20H30N4O2. The number of piperidine rings is 2. The summed E-state index contributed by atoms with van der Waals surface area (Å²) in [6.45, 7) is 3.13. The molecule has 0 spiro atoms. The molecule has 6 nitrogen and oxygen atoms in total. The van der Waals surface area contributed by atoms with Crippen LogP contribution in [0.15, 0.2) is 12.4 Å². The van der Waals surface area contributed by atoms with Crippen molar-refractivity contribution in [3.63, 3.8) is 0 Å². The van der Waals surface area contributed by atoms with Crippen molar-refractivity contribution in [2.24, 2.45) is 11.8 Å². The lowest BCUT2D eigenvalue weighted by molar-refractivity contribution is -0.143. The molecule has 0 bridgehead atoms. The number of imidazole rings is 1. The lowest BCUT2D eigenvalue weighted by Crippen LogP contribution is -2.47. The van der Waals surface area contributed by atoms with Gasteiger partial charge in [0.05, 0.1) is 0 Å². The van der Waals surface area contributed by atoms with E-state index in [4.69, 9.17) is 0 Å². The van der Waals surface area contributed by atoms with Gasteiger partial charge < -0.3 is 14.8 Å². The Morgan fingerprint density at radius 2 is 1.58 bits per heavy atom. The zero-order valence-electron chi connectivity index (χ0n) is 15.5. The SMILES string of the molecule is O=C(C1CCCC1)N1CCC(C(=O)N2CCC[C@@H](c3ncc[nH]3)C2)CC1. The van der Waals surface area contributed by atoms with Gasteiger partial charge in [-0.1, -0.05) is 12.8 Å². The fourth-order valence-electron chi connectivity index (χ4n) is 4.94. The van der Waals surface area contributed by atoms with Crippen LogP contribution in [0.5, 0.6) is 0 Å². The van der Waals surface area contributed by atoms with Gasteiger partial charge in [0.25, 0.3) is 0 Å². The van der Waals surface area contributed by atoms with Crippen molar-refractivity contribution in [1.29, 1.82) is 0 Å². The predicted molar refractivity (Wildman–Crippen MR) is 98.4 cm³/mol. The zero-order chi connectivity index (χ0) is 17.9. The molecule has 2 aliphatic heterocycles. The van der Waals surface area contributed by atoms with Crippen LogP contribution >= 0.6 is 0 Å². The minimum atomic E-state index is 0.0815. The highest BCUT2D eigenvalue weighted by Gasteiger charge is 2.35. The van der Waals surface area contributed by atoms with E-state index in [2.05, 4.69) is 9.97 Å². The van der Waals surface area contributed by atoms with Crippen molar-refractivity contribution in [1.82, 2.24) is 19.8 Å². The van der Waals surface area contributed by atoms with E-state index in [-0.39, 0.29) is 17.7 Å². The maximum absolute atomic E-state index is 13.0. The van der Waals surface area contributed by atoms with Gasteiger partial charge in [0.1, 0.15) is 5.82 Å². The Bertz CT molecular complexity index is 616. The number of hydrogen-bond acceptors (Lipinski definition) is 3. The van der Waals surface area contributed by atoms with E-state index in [1.807, 2.05) is 16.0 Å². The quantitative estimate of drug-likeness (QED) is 0.903. The Labute approximate surface area is 155 Å². The summed E-state index contributed by atoms with van der Waals surface area (Å²) in [4.78, 5) is 37.2. The molecule has 1 aromatic rings. The number of hydrogen-bond donors (Lipinski definition) is 1. The van der Waals surface area contributed by atoms with Crippen molar-refractivity contribution in [3.05, 3.63) is 18.2 Å². The van der Waals surface area contributed by atoms with Crippen LogP contribution in [0.1, 0.15) is 63.1 Å². The Kier molecular flexibility index (Phi) is 5.27. The number of aromatic amines is 1. The highest BCUT2D eigenvalue weighted by Crippen LogP contribution is 2.30. The molecule has 4 rings (SSSR count). The summed E-state index contributed by atoms with van der Waals surface area (Å²) in [6, 6.07) is 0. The number of carbonyl (C=O) groups is 2. The topological polar surface area (TPSA) is 69.3 Å². The van der Waals surface area contributed by atoms with Gasteiger partial charge in [-0.15, -0.1) is 0 Å². The third kappa shape index (κ3) is 3.64. The van der Waals surface area contributed by atoms with Crippen molar-refractivity contribution in [2.75, 3.05) is 26.2 Å². The molecule has 1 N–H and O–H groups in total. The first-order valence-corrected chi connectivity index (χ1v) is 10.3. The van der Waals surface area contributed by atoms with Crippen LogP contribution in [-0.4, -0.2) is 57.8 Å². The van der Waals surface area contributed by atoms with Gasteiger partial charge in [-0.2, -0.15) is 0 Å². The standard InChI is InChI=1S/C20H30N4O2/c25-19(15-4-1-2-5-15)23-12-7-16(8-13-23)20(26)24-11-3-6-17(14-24)18-21-9-10-22-18/h9-10,15-17H,1-8,11-14H2,(H,21,22)/t17-/m1/s1. The van der Waals surface area contributed by atoms with E-state index in [0.717, 1.165) is 70.5 Å². The summed E-state index contributed by atoms with van der Waals surface area (Å²) in [5, 5.41) is 0. The Hall–Kier alpha value is -1.85. The number of nitrogens with one attached hydrogen (secondary N) is 1. The highest BCUT2D eigenvalue weighted by molar-refractivity contribution is 5.81. The molecule has 3 fully saturated rings. The van der Waals surface area contributed by atoms with E-state index in [9.17, 15) is 9.59 Å². The van der Waals surface area contributed by atoms with Crippen LogP contribution in [0, 0.1) is 11.8 Å². The molecule has 142 valence electrons. The van der Waals surface area contributed by atoms with Gasteiger partial charge in [0.15, 0.2) is 0 Å². The van der Waals surface area contributed by atoms with E-state index < -0.39 is 0 Å². The summed E-state index contributed by atoms with van der Waals surface area (Å²) in [5.41, 5.74) is 0. The molecule has 1 saturated carbocycles. The summed E-state index contributed by atoms with van der Waals surface area (Å²) < 4.78 is 0. The summed E-state index contributed by atoms with van der Waals surface area (Å²) >= 11 is 0. The first-order valence-electron chi connectivity index (χ1n) is 10.3. The van der Waals surface area contributed by atoms with Gasteiger partial charge in [-0.05, 0) is 38.5 Å². The smallest absolute Gasteiger partial charge is 0.225 e. The normalized spacial score (nSPS) is 25.6. The lowest BCUT2D eigenvalue weighted by atomic mass is 9.91. The van der Waals surface area contributed by atoms with E-state index >= 15 is 0 Å². The fraction of sp³-hybridized carbons (Fsp3) is 0.750. The number of likely N-dealkylation sites (tertiary alicyclic amines) is 2. The number of aromatic nitrogens is 2. The number of nitrogens with zero attached hydrogens (tertiary/aromatic N) is 3. The van der Waals surface area contributed by atoms with Gasteiger partial charge >= 0.3 is 0 Å². The van der Waals surface area contributed by atoms with Gasteiger partial charge in [-0.25, -0.2) is 4.98 Å². The molecule has 3 heterocycles. The molecule has 3 aliphatic rings. The number of H-pyrrole nitrogens is 1. The first-order chi connectivity index (χ1) is 12.7. The van der Waals surface area contributed by atoms with E-state index in [0.29, 0.717) is 11.8 Å². The second-order valence-electron chi connectivity index (χ2n) is 8.18. The molecular weight excluding hydrogens is 328 g/mol. The van der Waals surface area contributed by atoms with Crippen molar-refractivity contribution < 1.29 is 9.59 Å². The van der Waals surface area contributed by atoms with Crippen molar-refractivity contribution in [3.8, 4) is 0 Å². The van der Waals surface area contributed by atoms with Crippen LogP contribution < -0.4 is 0 Å². The average molecular weight is 358 g/mol. The third-order valence-corrected chi connectivity index (χ3v) is 6.50. The average Bonchev–Trinajstić information content (AvgIpc) is 3.41.